The molecule has 1 atom stereocenters. The highest BCUT2D eigenvalue weighted by Crippen LogP contribution is 2.44. The fraction of sp³-hybridized carbons (Fsp3) is 0.214. The average molecular weight is 518 g/mol. The number of para-hydroxylation sites is 2. The van der Waals surface area contributed by atoms with Crippen LogP contribution in [-0.4, -0.2) is 30.5 Å². The molecule has 0 radical (unpaired) electrons. The monoisotopic (exact) mass is 517 g/mol. The van der Waals surface area contributed by atoms with Gasteiger partial charge in [-0.3, -0.25) is 9.69 Å². The summed E-state index contributed by atoms with van der Waals surface area (Å²) in [6.07, 6.45) is 0.248. The number of amides is 1. The van der Waals surface area contributed by atoms with Crippen LogP contribution >= 0.6 is 23.4 Å². The molecule has 1 saturated heterocycles. The van der Waals surface area contributed by atoms with E-state index in [0.717, 1.165) is 33.3 Å². The Kier molecular flexibility index (Phi) is 7.08. The van der Waals surface area contributed by atoms with Gasteiger partial charge in [-0.2, -0.15) is 5.26 Å². The van der Waals surface area contributed by atoms with Crippen molar-refractivity contribution in [3.63, 3.8) is 0 Å². The van der Waals surface area contributed by atoms with Crippen LogP contribution in [0.15, 0.2) is 83.4 Å². The number of nitriles is 1. The molecule has 8 heteroatoms. The van der Waals surface area contributed by atoms with Gasteiger partial charge in [0.25, 0.3) is 0 Å². The fourth-order valence-corrected chi connectivity index (χ4v) is 5.72. The van der Waals surface area contributed by atoms with Crippen molar-refractivity contribution in [2.45, 2.75) is 18.9 Å². The molecule has 5 rings (SSSR count). The first-order chi connectivity index (χ1) is 17.6. The lowest BCUT2D eigenvalue weighted by molar-refractivity contribution is -0.129. The first-order valence-electron chi connectivity index (χ1n) is 11.5. The van der Waals surface area contributed by atoms with E-state index in [-0.39, 0.29) is 18.2 Å². The highest BCUT2D eigenvalue weighted by molar-refractivity contribution is 8.03. The molecule has 0 bridgehead atoms. The lowest BCUT2D eigenvalue weighted by atomic mass is 9.86. The van der Waals surface area contributed by atoms with E-state index in [4.69, 9.17) is 21.1 Å². The van der Waals surface area contributed by atoms with E-state index in [1.807, 2.05) is 72.8 Å². The number of ether oxygens (including phenoxy) is 2. The van der Waals surface area contributed by atoms with Gasteiger partial charge in [0, 0.05) is 17.4 Å². The number of carbonyl (C=O) groups is 1. The molecule has 3 aromatic carbocycles. The highest BCUT2D eigenvalue weighted by Gasteiger charge is 2.38. The van der Waals surface area contributed by atoms with Crippen molar-refractivity contribution in [3.8, 4) is 17.6 Å². The zero-order valence-electron chi connectivity index (χ0n) is 19.7. The molecule has 2 aliphatic heterocycles. The first kappa shape index (κ1) is 24.1. The quantitative estimate of drug-likeness (QED) is 0.391. The van der Waals surface area contributed by atoms with Crippen molar-refractivity contribution in [3.05, 3.63) is 99.5 Å². The Morgan fingerprint density at radius 1 is 1.08 bits per heavy atom. The third-order valence-electron chi connectivity index (χ3n) is 6.32. The van der Waals surface area contributed by atoms with Crippen molar-refractivity contribution in [2.24, 2.45) is 0 Å². The van der Waals surface area contributed by atoms with Gasteiger partial charge in [0.2, 0.25) is 5.91 Å². The molecule has 3 aromatic rings. The number of thioether (sulfide) groups is 1. The molecule has 0 saturated carbocycles. The van der Waals surface area contributed by atoms with Crippen LogP contribution in [0.25, 0.3) is 0 Å². The largest absolute Gasteiger partial charge is 0.495 e. The number of hydrogen-bond donors (Lipinski definition) is 0. The van der Waals surface area contributed by atoms with Crippen molar-refractivity contribution >= 4 is 35.0 Å². The second kappa shape index (κ2) is 10.6. The van der Waals surface area contributed by atoms with Gasteiger partial charge in [0.1, 0.15) is 18.1 Å². The first-order valence-corrected chi connectivity index (χ1v) is 12.9. The number of carbonyl (C=O) groups excluding carboxylic acids is 1. The lowest BCUT2D eigenvalue weighted by Crippen LogP contribution is -2.47. The smallest absolute Gasteiger partial charge is 0.229 e. The summed E-state index contributed by atoms with van der Waals surface area (Å²) in [7, 11) is 1.64. The topological polar surface area (TPSA) is 65.8 Å². The summed E-state index contributed by atoms with van der Waals surface area (Å²) >= 11 is 7.45. The normalized spacial score (nSPS) is 17.5. The predicted octanol–water partition coefficient (Wildman–Crippen LogP) is 6.15. The molecule has 0 spiro atoms. The number of nitrogens with zero attached hydrogens (tertiary/aromatic N) is 3. The molecule has 2 heterocycles. The zero-order chi connectivity index (χ0) is 25.1. The van der Waals surface area contributed by atoms with Gasteiger partial charge in [-0.15, -0.1) is 0 Å². The molecule has 0 aromatic heterocycles. The summed E-state index contributed by atoms with van der Waals surface area (Å²) in [5.41, 5.74) is 3.51. The molecular formula is C28H24ClN3O3S. The Hall–Kier alpha value is -3.60. The lowest BCUT2D eigenvalue weighted by Gasteiger charge is -2.42. The van der Waals surface area contributed by atoms with Gasteiger partial charge in [0.05, 0.1) is 42.0 Å². The van der Waals surface area contributed by atoms with Gasteiger partial charge < -0.3 is 14.4 Å². The van der Waals surface area contributed by atoms with E-state index in [0.29, 0.717) is 29.7 Å². The van der Waals surface area contributed by atoms with Crippen LogP contribution in [0.4, 0.5) is 5.69 Å². The SMILES string of the molecule is COc1ccccc1N1CSC2=C(C#N)[C@@H](c3ccc(OCc4ccc(Cl)cc4)cc3)CC(=O)N2C1. The third kappa shape index (κ3) is 4.88. The average Bonchev–Trinajstić information content (AvgIpc) is 2.93. The maximum absolute atomic E-state index is 13.2. The number of fused-ring (bicyclic) bond motifs is 1. The van der Waals surface area contributed by atoms with Crippen LogP contribution in [0.2, 0.25) is 5.02 Å². The zero-order valence-corrected chi connectivity index (χ0v) is 21.3. The molecular weight excluding hydrogens is 494 g/mol. The number of rotatable bonds is 6. The van der Waals surface area contributed by atoms with E-state index in [2.05, 4.69) is 11.0 Å². The summed E-state index contributed by atoms with van der Waals surface area (Å²) in [4.78, 5) is 17.0. The summed E-state index contributed by atoms with van der Waals surface area (Å²) in [6, 6.07) is 25.3. The van der Waals surface area contributed by atoms with E-state index < -0.39 is 0 Å². The minimum atomic E-state index is -0.274. The Balaban J connectivity index is 1.33. The van der Waals surface area contributed by atoms with Crippen molar-refractivity contribution < 1.29 is 14.3 Å². The van der Waals surface area contributed by atoms with Crippen molar-refractivity contribution in [2.75, 3.05) is 24.6 Å². The number of allylic oxidation sites excluding steroid dienone is 1. The molecule has 0 N–H and O–H groups in total. The van der Waals surface area contributed by atoms with Gasteiger partial charge in [-0.05, 0) is 47.5 Å². The Morgan fingerprint density at radius 2 is 1.83 bits per heavy atom. The number of benzene rings is 3. The predicted molar refractivity (Wildman–Crippen MR) is 142 cm³/mol. The van der Waals surface area contributed by atoms with Crippen LogP contribution < -0.4 is 14.4 Å². The Morgan fingerprint density at radius 3 is 2.56 bits per heavy atom. The summed E-state index contributed by atoms with van der Waals surface area (Å²) < 4.78 is 11.4. The molecule has 6 nitrogen and oxygen atoms in total. The second-order valence-electron chi connectivity index (χ2n) is 8.52. The number of anilines is 1. The van der Waals surface area contributed by atoms with E-state index >= 15 is 0 Å². The summed E-state index contributed by atoms with van der Waals surface area (Å²) in [5, 5.41) is 11.5. The van der Waals surface area contributed by atoms with Crippen molar-refractivity contribution in [1.29, 1.82) is 5.26 Å². The van der Waals surface area contributed by atoms with Crippen LogP contribution in [0.5, 0.6) is 11.5 Å². The van der Waals surface area contributed by atoms with Crippen LogP contribution in [0.1, 0.15) is 23.5 Å². The number of halogens is 1. The highest BCUT2D eigenvalue weighted by atomic mass is 35.5. The molecule has 2 aliphatic rings. The molecule has 1 amide bonds. The second-order valence-corrected chi connectivity index (χ2v) is 9.89. The van der Waals surface area contributed by atoms with Gasteiger partial charge in [-0.1, -0.05) is 59.8 Å². The Labute approximate surface area is 219 Å². The summed E-state index contributed by atoms with van der Waals surface area (Å²) in [5.74, 6) is 1.83. The maximum atomic E-state index is 13.2. The van der Waals surface area contributed by atoms with Crippen LogP contribution in [-0.2, 0) is 11.4 Å². The van der Waals surface area contributed by atoms with Gasteiger partial charge in [-0.25, -0.2) is 0 Å². The van der Waals surface area contributed by atoms with Crippen LogP contribution in [0, 0.1) is 11.3 Å². The fourth-order valence-electron chi connectivity index (χ4n) is 4.43. The van der Waals surface area contributed by atoms with E-state index in [1.54, 1.807) is 12.0 Å². The molecule has 0 unspecified atom stereocenters. The standard InChI is InChI=1S/C28H24ClN3O3S/c1-34-26-5-3-2-4-25(26)31-17-32-27(33)14-23(24(15-30)28(32)36-18-31)20-8-12-22(13-9-20)35-16-19-6-10-21(29)11-7-19/h2-13,23H,14,16-18H2,1H3/t23-/m1/s1. The van der Waals surface area contributed by atoms with E-state index in [1.165, 1.54) is 11.8 Å². The summed E-state index contributed by atoms with van der Waals surface area (Å²) in [6.45, 7) is 0.817. The maximum Gasteiger partial charge on any atom is 0.229 e. The number of methoxy groups -OCH3 is 1. The molecule has 182 valence electrons. The van der Waals surface area contributed by atoms with E-state index in [9.17, 15) is 10.1 Å². The molecule has 1 fully saturated rings. The Bertz CT molecular complexity index is 1340. The third-order valence-corrected chi connectivity index (χ3v) is 7.73. The minimum absolute atomic E-state index is 0.00385. The van der Waals surface area contributed by atoms with Crippen molar-refractivity contribution in [1.82, 2.24) is 4.90 Å². The van der Waals surface area contributed by atoms with Gasteiger partial charge in [0.15, 0.2) is 0 Å². The van der Waals surface area contributed by atoms with Gasteiger partial charge >= 0.3 is 0 Å². The molecule has 36 heavy (non-hydrogen) atoms. The number of hydrogen-bond acceptors (Lipinski definition) is 6. The molecule has 0 aliphatic carbocycles. The minimum Gasteiger partial charge on any atom is -0.495 e. The van der Waals surface area contributed by atoms with Crippen LogP contribution in [0.3, 0.4) is 0 Å².